The van der Waals surface area contributed by atoms with Crippen LogP contribution in [0, 0.1) is 0 Å². The van der Waals surface area contributed by atoms with Crippen molar-refractivity contribution in [3.8, 4) is 5.75 Å². The number of rotatable bonds is 12. The van der Waals surface area contributed by atoms with Crippen molar-refractivity contribution in [3.63, 3.8) is 0 Å². The smallest absolute Gasteiger partial charge is 0.323 e. The van der Waals surface area contributed by atoms with Gasteiger partial charge in [0.2, 0.25) is 0 Å². The molecule has 28 heavy (non-hydrogen) atoms. The van der Waals surface area contributed by atoms with E-state index in [0.717, 1.165) is 18.8 Å². The van der Waals surface area contributed by atoms with Gasteiger partial charge in [0.25, 0.3) is 0 Å². The molecule has 2 aromatic rings. The van der Waals surface area contributed by atoms with Crippen molar-refractivity contribution in [3.05, 3.63) is 53.6 Å². The van der Waals surface area contributed by atoms with E-state index in [9.17, 15) is 4.79 Å². The molecule has 0 atom stereocenters. The largest absolute Gasteiger partial charge is 0.494 e. The summed E-state index contributed by atoms with van der Waals surface area (Å²) in [5.41, 5.74) is 1.36. The third-order valence-corrected chi connectivity index (χ3v) is 4.70. The van der Waals surface area contributed by atoms with Crippen LogP contribution in [0.25, 0.3) is 0 Å². The van der Waals surface area contributed by atoms with Crippen molar-refractivity contribution in [2.45, 2.75) is 58.3 Å². The number of hydrogen-bond donors (Lipinski definition) is 2. The highest BCUT2D eigenvalue weighted by Crippen LogP contribution is 2.18. The Labute approximate surface area is 173 Å². The van der Waals surface area contributed by atoms with Gasteiger partial charge in [0.1, 0.15) is 5.75 Å². The second-order valence-electron chi connectivity index (χ2n) is 6.94. The molecule has 2 aromatic carbocycles. The van der Waals surface area contributed by atoms with Crippen molar-refractivity contribution in [1.29, 1.82) is 0 Å². The quantitative estimate of drug-likeness (QED) is 0.361. The number of carbonyl (C=O) groups is 1. The topological polar surface area (TPSA) is 50.4 Å². The number of anilines is 2. The molecule has 0 spiro atoms. The van der Waals surface area contributed by atoms with E-state index in [1.807, 2.05) is 24.3 Å². The fourth-order valence-corrected chi connectivity index (χ4v) is 3.11. The van der Waals surface area contributed by atoms with Gasteiger partial charge in [-0.05, 0) is 48.9 Å². The molecule has 2 amide bonds. The highest BCUT2D eigenvalue weighted by molar-refractivity contribution is 6.30. The lowest BCUT2D eigenvalue weighted by Crippen LogP contribution is -2.19. The summed E-state index contributed by atoms with van der Waals surface area (Å²) in [6.07, 6.45) is 10.3. The molecule has 0 heterocycles. The molecule has 0 aromatic heterocycles. The highest BCUT2D eigenvalue weighted by Gasteiger charge is 2.03. The van der Waals surface area contributed by atoms with Gasteiger partial charge < -0.3 is 15.4 Å². The van der Waals surface area contributed by atoms with E-state index in [1.54, 1.807) is 24.3 Å². The average molecular weight is 403 g/mol. The molecule has 152 valence electrons. The number of benzene rings is 2. The lowest BCUT2D eigenvalue weighted by molar-refractivity contribution is 0.262. The molecule has 2 N–H and O–H groups in total. The summed E-state index contributed by atoms with van der Waals surface area (Å²) >= 11 is 5.92. The van der Waals surface area contributed by atoms with E-state index in [-0.39, 0.29) is 6.03 Å². The van der Waals surface area contributed by atoms with Crippen molar-refractivity contribution >= 4 is 29.0 Å². The number of nitrogens with one attached hydrogen (secondary N) is 2. The molecule has 0 saturated heterocycles. The van der Waals surface area contributed by atoms with Gasteiger partial charge in [0.05, 0.1) is 6.61 Å². The van der Waals surface area contributed by atoms with E-state index in [1.165, 1.54) is 44.9 Å². The zero-order chi connectivity index (χ0) is 20.0. The Morgan fingerprint density at radius 1 is 0.857 bits per heavy atom. The SMILES string of the molecule is CCCCCCCCCCOc1ccc(NC(=O)Nc2cccc(Cl)c2)cc1. The standard InChI is InChI=1S/C23H31ClN2O2/c1-2-3-4-5-6-7-8-9-17-28-22-15-13-20(14-16-22)25-23(27)26-21-12-10-11-19(24)18-21/h10-16,18H,2-9,17H2,1H3,(H2,25,26,27). The van der Waals surface area contributed by atoms with Crippen molar-refractivity contribution in [2.75, 3.05) is 17.2 Å². The van der Waals surface area contributed by atoms with E-state index >= 15 is 0 Å². The summed E-state index contributed by atoms with van der Waals surface area (Å²) in [4.78, 5) is 12.0. The Balaban J connectivity index is 1.61. The minimum Gasteiger partial charge on any atom is -0.494 e. The molecule has 0 aliphatic heterocycles. The number of amides is 2. The first-order valence-electron chi connectivity index (χ1n) is 10.2. The van der Waals surface area contributed by atoms with Crippen LogP contribution in [0.3, 0.4) is 0 Å². The first kappa shape index (κ1) is 22.1. The van der Waals surface area contributed by atoms with Crippen LogP contribution in [0.1, 0.15) is 58.3 Å². The summed E-state index contributed by atoms with van der Waals surface area (Å²) in [5.74, 6) is 0.823. The Morgan fingerprint density at radius 3 is 2.18 bits per heavy atom. The van der Waals surface area contributed by atoms with Crippen molar-refractivity contribution < 1.29 is 9.53 Å². The highest BCUT2D eigenvalue weighted by atomic mass is 35.5. The Morgan fingerprint density at radius 2 is 1.50 bits per heavy atom. The van der Waals surface area contributed by atoms with Gasteiger partial charge in [-0.15, -0.1) is 0 Å². The number of ether oxygens (including phenoxy) is 1. The van der Waals surface area contributed by atoms with Crippen LogP contribution in [0.15, 0.2) is 48.5 Å². The molecule has 0 aliphatic rings. The molecular weight excluding hydrogens is 372 g/mol. The number of carbonyl (C=O) groups excluding carboxylic acids is 1. The predicted molar refractivity (Wildman–Crippen MR) is 119 cm³/mol. The Hall–Kier alpha value is -2.20. The van der Waals surface area contributed by atoms with Crippen LogP contribution in [-0.2, 0) is 0 Å². The molecular formula is C23H31ClN2O2. The van der Waals surface area contributed by atoms with Gasteiger partial charge in [-0.2, -0.15) is 0 Å². The maximum atomic E-state index is 12.0. The maximum absolute atomic E-state index is 12.0. The monoisotopic (exact) mass is 402 g/mol. The molecule has 0 bridgehead atoms. The molecule has 0 fully saturated rings. The van der Waals surface area contributed by atoms with Crippen LogP contribution in [0.5, 0.6) is 5.75 Å². The Kier molecular flexibility index (Phi) is 10.3. The van der Waals surface area contributed by atoms with Crippen molar-refractivity contribution in [1.82, 2.24) is 0 Å². The minimum absolute atomic E-state index is 0.310. The number of urea groups is 1. The van der Waals surface area contributed by atoms with Crippen LogP contribution in [0.2, 0.25) is 5.02 Å². The van der Waals surface area contributed by atoms with E-state index in [0.29, 0.717) is 16.4 Å². The van der Waals surface area contributed by atoms with Gasteiger partial charge in [-0.25, -0.2) is 4.79 Å². The third kappa shape index (κ3) is 9.14. The van der Waals surface area contributed by atoms with Crippen LogP contribution in [0.4, 0.5) is 16.2 Å². The lowest BCUT2D eigenvalue weighted by Gasteiger charge is -2.10. The summed E-state index contributed by atoms with van der Waals surface area (Å²) in [5, 5.41) is 6.12. The molecule has 2 rings (SSSR count). The van der Waals surface area contributed by atoms with Gasteiger partial charge in [-0.1, -0.05) is 69.5 Å². The average Bonchev–Trinajstić information content (AvgIpc) is 2.68. The third-order valence-electron chi connectivity index (χ3n) is 4.46. The minimum atomic E-state index is -0.310. The second kappa shape index (κ2) is 13.1. The molecule has 0 radical (unpaired) electrons. The van der Waals surface area contributed by atoms with Gasteiger partial charge >= 0.3 is 6.03 Å². The van der Waals surface area contributed by atoms with Crippen LogP contribution >= 0.6 is 11.6 Å². The number of unbranched alkanes of at least 4 members (excludes halogenated alkanes) is 7. The lowest BCUT2D eigenvalue weighted by atomic mass is 10.1. The van der Waals surface area contributed by atoms with Gasteiger partial charge in [0.15, 0.2) is 0 Å². The predicted octanol–water partition coefficient (Wildman–Crippen LogP) is 7.50. The van der Waals surface area contributed by atoms with E-state index in [2.05, 4.69) is 17.6 Å². The molecule has 0 aliphatic carbocycles. The van der Waals surface area contributed by atoms with Crippen molar-refractivity contribution in [2.24, 2.45) is 0 Å². The molecule has 5 heteroatoms. The van der Waals surface area contributed by atoms with E-state index in [4.69, 9.17) is 16.3 Å². The zero-order valence-electron chi connectivity index (χ0n) is 16.7. The van der Waals surface area contributed by atoms with Gasteiger partial charge in [-0.3, -0.25) is 0 Å². The maximum Gasteiger partial charge on any atom is 0.323 e. The second-order valence-corrected chi connectivity index (χ2v) is 7.37. The Bertz CT molecular complexity index is 704. The van der Waals surface area contributed by atoms with Gasteiger partial charge in [0, 0.05) is 16.4 Å². The van der Waals surface area contributed by atoms with E-state index < -0.39 is 0 Å². The molecule has 0 saturated carbocycles. The summed E-state index contributed by atoms with van der Waals surface area (Å²) in [7, 11) is 0. The fraction of sp³-hybridized carbons (Fsp3) is 0.435. The van der Waals surface area contributed by atoms with Crippen LogP contribution in [-0.4, -0.2) is 12.6 Å². The summed E-state index contributed by atoms with van der Waals surface area (Å²) < 4.78 is 5.78. The fourth-order valence-electron chi connectivity index (χ4n) is 2.92. The number of halogens is 1. The molecule has 0 unspecified atom stereocenters. The molecule has 4 nitrogen and oxygen atoms in total. The number of hydrogen-bond acceptors (Lipinski definition) is 2. The first-order chi connectivity index (χ1) is 13.7. The normalized spacial score (nSPS) is 10.5. The van der Waals surface area contributed by atoms with Crippen LogP contribution < -0.4 is 15.4 Å². The summed E-state index contributed by atoms with van der Waals surface area (Å²) in [6.45, 7) is 2.98. The first-order valence-corrected chi connectivity index (χ1v) is 10.6. The zero-order valence-corrected chi connectivity index (χ0v) is 17.4. The summed E-state index contributed by atoms with van der Waals surface area (Å²) in [6, 6.07) is 14.1.